The highest BCUT2D eigenvalue weighted by Crippen LogP contribution is 2.53. The number of allylic oxidation sites excluding steroid dienone is 4. The van der Waals surface area contributed by atoms with E-state index in [0.717, 1.165) is 30.6 Å². The first kappa shape index (κ1) is 25.2. The van der Waals surface area contributed by atoms with Crippen molar-refractivity contribution in [2.75, 3.05) is 9.80 Å². The lowest BCUT2D eigenvalue weighted by Gasteiger charge is -2.37. The van der Waals surface area contributed by atoms with Gasteiger partial charge in [-0.05, 0) is 73.2 Å². The summed E-state index contributed by atoms with van der Waals surface area (Å²) in [4.78, 5) is 4.95. The standard InChI is InChI=1S/C39H34N2/c1-29-17-16-28-36-37(29)39(41(32-22-10-4-11-23-32)33-24-12-5-13-25-33)35-27-15-14-26-34(35)38(36)40(30-18-6-2-7-19-30)31-20-8-3-9-21-31/h2-4,6-12,14-16,18-29H,5,13,17H2,1H3. The Morgan fingerprint density at radius 2 is 1.07 bits per heavy atom. The van der Waals surface area contributed by atoms with Crippen molar-refractivity contribution in [3.63, 3.8) is 0 Å². The van der Waals surface area contributed by atoms with E-state index >= 15 is 0 Å². The molecule has 2 aliphatic carbocycles. The van der Waals surface area contributed by atoms with Crippen LogP contribution in [0.25, 0.3) is 16.8 Å². The summed E-state index contributed by atoms with van der Waals surface area (Å²) in [6, 6.07) is 41.4. The second-order valence-electron chi connectivity index (χ2n) is 10.9. The first-order chi connectivity index (χ1) is 20.3. The topological polar surface area (TPSA) is 6.48 Å². The summed E-state index contributed by atoms with van der Waals surface area (Å²) >= 11 is 0. The van der Waals surface area contributed by atoms with Crippen molar-refractivity contribution < 1.29 is 0 Å². The van der Waals surface area contributed by atoms with Gasteiger partial charge in [-0.2, -0.15) is 0 Å². The molecular weight excluding hydrogens is 496 g/mol. The molecule has 0 radical (unpaired) electrons. The SMILES string of the molecule is CC1CC=Cc2c1c(N(C1=CCCC=C1)c1ccccc1)c1ccccc1c2N(c1ccccc1)c1ccccc1. The molecule has 2 heteroatoms. The summed E-state index contributed by atoms with van der Waals surface area (Å²) in [5.41, 5.74) is 9.98. The van der Waals surface area contributed by atoms with Gasteiger partial charge in [-0.3, -0.25) is 0 Å². The molecule has 0 saturated heterocycles. The Bertz CT molecular complexity index is 1730. The van der Waals surface area contributed by atoms with Crippen LogP contribution in [0, 0.1) is 0 Å². The molecule has 0 spiro atoms. The number of fused-ring (bicyclic) bond motifs is 2. The zero-order valence-corrected chi connectivity index (χ0v) is 23.4. The minimum Gasteiger partial charge on any atom is -0.310 e. The Morgan fingerprint density at radius 1 is 0.537 bits per heavy atom. The summed E-state index contributed by atoms with van der Waals surface area (Å²) in [5, 5.41) is 2.51. The Labute approximate surface area is 243 Å². The lowest BCUT2D eigenvalue weighted by molar-refractivity contribution is 0.771. The summed E-state index contributed by atoms with van der Waals surface area (Å²) < 4.78 is 0. The molecule has 0 heterocycles. The molecule has 41 heavy (non-hydrogen) atoms. The molecule has 1 unspecified atom stereocenters. The van der Waals surface area contributed by atoms with Crippen molar-refractivity contribution in [2.24, 2.45) is 0 Å². The van der Waals surface area contributed by atoms with Crippen LogP contribution in [0.3, 0.4) is 0 Å². The van der Waals surface area contributed by atoms with Crippen LogP contribution in [0.15, 0.2) is 145 Å². The number of nitrogens with zero attached hydrogens (tertiary/aromatic N) is 2. The Hall–Kier alpha value is -4.82. The molecule has 0 saturated carbocycles. The van der Waals surface area contributed by atoms with Crippen LogP contribution in [0.4, 0.5) is 28.4 Å². The second kappa shape index (κ2) is 11.0. The average molecular weight is 531 g/mol. The molecule has 1 atom stereocenters. The number of para-hydroxylation sites is 3. The van der Waals surface area contributed by atoms with Crippen LogP contribution in [0.2, 0.25) is 0 Å². The van der Waals surface area contributed by atoms with E-state index in [4.69, 9.17) is 0 Å². The quantitative estimate of drug-likeness (QED) is 0.201. The van der Waals surface area contributed by atoms with Crippen molar-refractivity contribution in [2.45, 2.75) is 32.1 Å². The number of hydrogen-bond acceptors (Lipinski definition) is 2. The highest BCUT2D eigenvalue weighted by molar-refractivity contribution is 6.12. The molecule has 200 valence electrons. The first-order valence-electron chi connectivity index (χ1n) is 14.7. The number of rotatable bonds is 6. The van der Waals surface area contributed by atoms with Gasteiger partial charge in [0.05, 0.1) is 11.4 Å². The van der Waals surface area contributed by atoms with E-state index in [1.165, 1.54) is 44.7 Å². The maximum atomic E-state index is 2.51. The van der Waals surface area contributed by atoms with Crippen LogP contribution >= 0.6 is 0 Å². The van der Waals surface area contributed by atoms with E-state index in [1.807, 2.05) is 0 Å². The number of hydrogen-bond donors (Lipinski definition) is 0. The van der Waals surface area contributed by atoms with Crippen molar-refractivity contribution in [1.29, 1.82) is 0 Å². The van der Waals surface area contributed by atoms with Crippen molar-refractivity contribution in [3.8, 4) is 0 Å². The maximum absolute atomic E-state index is 2.51. The largest absolute Gasteiger partial charge is 0.310 e. The van der Waals surface area contributed by atoms with Gasteiger partial charge in [-0.25, -0.2) is 0 Å². The van der Waals surface area contributed by atoms with Gasteiger partial charge < -0.3 is 9.80 Å². The maximum Gasteiger partial charge on any atom is 0.0616 e. The molecule has 5 aromatic rings. The third kappa shape index (κ3) is 4.56. The molecule has 2 nitrogen and oxygen atoms in total. The number of anilines is 5. The van der Waals surface area contributed by atoms with E-state index in [2.05, 4.69) is 162 Å². The lowest BCUT2D eigenvalue weighted by Crippen LogP contribution is -2.22. The molecule has 5 aromatic carbocycles. The van der Waals surface area contributed by atoms with Crippen LogP contribution in [0.5, 0.6) is 0 Å². The van der Waals surface area contributed by atoms with Crippen LogP contribution in [-0.2, 0) is 0 Å². The van der Waals surface area contributed by atoms with Crippen molar-refractivity contribution in [1.82, 2.24) is 0 Å². The summed E-state index contributed by atoms with van der Waals surface area (Å²) in [7, 11) is 0. The summed E-state index contributed by atoms with van der Waals surface area (Å²) in [6.07, 6.45) is 14.9. The monoisotopic (exact) mass is 530 g/mol. The van der Waals surface area contributed by atoms with Crippen molar-refractivity contribution >= 4 is 45.3 Å². The fraction of sp³-hybridized carbons (Fsp3) is 0.128. The van der Waals surface area contributed by atoms with E-state index in [0.29, 0.717) is 5.92 Å². The fourth-order valence-corrected chi connectivity index (χ4v) is 6.41. The Morgan fingerprint density at radius 3 is 1.63 bits per heavy atom. The molecule has 0 fully saturated rings. The van der Waals surface area contributed by atoms with Gasteiger partial charge in [0.1, 0.15) is 0 Å². The van der Waals surface area contributed by atoms with E-state index < -0.39 is 0 Å². The van der Waals surface area contributed by atoms with Gasteiger partial charge in [-0.15, -0.1) is 0 Å². The lowest BCUT2D eigenvalue weighted by atomic mass is 9.82. The molecular formula is C39H34N2. The minimum absolute atomic E-state index is 0.362. The molecule has 2 aliphatic rings. The highest BCUT2D eigenvalue weighted by atomic mass is 15.2. The van der Waals surface area contributed by atoms with E-state index in [9.17, 15) is 0 Å². The van der Waals surface area contributed by atoms with Gasteiger partial charge in [0.15, 0.2) is 0 Å². The summed E-state index contributed by atoms with van der Waals surface area (Å²) in [5.74, 6) is 0.362. The molecule has 0 aromatic heterocycles. The second-order valence-corrected chi connectivity index (χ2v) is 10.9. The van der Waals surface area contributed by atoms with Gasteiger partial charge in [0.25, 0.3) is 0 Å². The first-order valence-corrected chi connectivity index (χ1v) is 14.7. The third-order valence-electron chi connectivity index (χ3n) is 8.23. The Kier molecular flexibility index (Phi) is 6.74. The molecule has 0 amide bonds. The predicted octanol–water partition coefficient (Wildman–Crippen LogP) is 11.2. The molecule has 0 aliphatic heterocycles. The third-order valence-corrected chi connectivity index (χ3v) is 8.23. The van der Waals surface area contributed by atoms with Crippen LogP contribution in [-0.4, -0.2) is 0 Å². The van der Waals surface area contributed by atoms with Crippen molar-refractivity contribution in [3.05, 3.63) is 156 Å². The van der Waals surface area contributed by atoms with Crippen LogP contribution < -0.4 is 9.80 Å². The zero-order valence-electron chi connectivity index (χ0n) is 23.4. The predicted molar refractivity (Wildman–Crippen MR) is 176 cm³/mol. The molecule has 7 rings (SSSR count). The normalized spacial score (nSPS) is 15.8. The fourth-order valence-electron chi connectivity index (χ4n) is 6.41. The van der Waals surface area contributed by atoms with E-state index in [-0.39, 0.29) is 0 Å². The van der Waals surface area contributed by atoms with Gasteiger partial charge >= 0.3 is 0 Å². The zero-order chi connectivity index (χ0) is 27.6. The summed E-state index contributed by atoms with van der Waals surface area (Å²) in [6.45, 7) is 2.38. The Balaban J connectivity index is 1.61. The van der Waals surface area contributed by atoms with E-state index in [1.54, 1.807) is 0 Å². The smallest absolute Gasteiger partial charge is 0.0616 e. The van der Waals surface area contributed by atoms with Gasteiger partial charge in [0, 0.05) is 39.1 Å². The highest BCUT2D eigenvalue weighted by Gasteiger charge is 2.31. The average Bonchev–Trinajstić information content (AvgIpc) is 3.04. The van der Waals surface area contributed by atoms with Crippen LogP contribution in [0.1, 0.15) is 43.2 Å². The minimum atomic E-state index is 0.362. The number of benzene rings is 5. The van der Waals surface area contributed by atoms with Gasteiger partial charge in [0.2, 0.25) is 0 Å². The molecule has 0 bridgehead atoms. The van der Waals surface area contributed by atoms with Gasteiger partial charge in [-0.1, -0.05) is 110 Å². The molecule has 0 N–H and O–H groups in total.